The molecule has 0 unspecified atom stereocenters. The van der Waals surface area contributed by atoms with Gasteiger partial charge in [0, 0.05) is 29.4 Å². The third-order valence-electron chi connectivity index (χ3n) is 3.17. The number of rotatable bonds is 7. The largest absolute Gasteiger partial charge is 0.494 e. The van der Waals surface area contributed by atoms with E-state index in [1.54, 1.807) is 11.3 Å². The van der Waals surface area contributed by atoms with Crippen molar-refractivity contribution in [2.24, 2.45) is 0 Å². The number of thiazole rings is 1. The van der Waals surface area contributed by atoms with Crippen LogP contribution < -0.4 is 10.1 Å². The number of aromatic nitrogens is 1. The number of nitrogens with zero attached hydrogens (tertiary/aromatic N) is 1. The Morgan fingerprint density at radius 3 is 2.55 bits per heavy atom. The lowest BCUT2D eigenvalue weighted by Gasteiger charge is -2.19. The molecule has 0 saturated heterocycles. The fourth-order valence-electron chi connectivity index (χ4n) is 2.04. The average molecular weight is 318 g/mol. The molecule has 0 spiro atoms. The lowest BCUT2D eigenvalue weighted by atomic mass is 10.1. The van der Waals surface area contributed by atoms with Crippen LogP contribution in [0.4, 0.5) is 0 Å². The van der Waals surface area contributed by atoms with Crippen LogP contribution in [0.5, 0.6) is 5.75 Å². The summed E-state index contributed by atoms with van der Waals surface area (Å²) in [5.41, 5.74) is 2.36. The lowest BCUT2D eigenvalue weighted by molar-refractivity contribution is 0.317. The Balaban J connectivity index is 1.93. The molecule has 1 aromatic heterocycles. The normalized spacial score (nSPS) is 11.6. The number of benzene rings is 1. The Bertz CT molecular complexity index is 570. The minimum atomic E-state index is 0.161. The van der Waals surface area contributed by atoms with Gasteiger partial charge in [-0.15, -0.1) is 11.3 Å². The van der Waals surface area contributed by atoms with E-state index in [2.05, 4.69) is 50.5 Å². The van der Waals surface area contributed by atoms with Crippen LogP contribution in [-0.4, -0.2) is 23.7 Å². The van der Waals surface area contributed by atoms with E-state index in [-0.39, 0.29) is 5.54 Å². The van der Waals surface area contributed by atoms with Crippen molar-refractivity contribution < 1.29 is 4.74 Å². The minimum absolute atomic E-state index is 0.161. The van der Waals surface area contributed by atoms with Crippen LogP contribution in [-0.2, 0) is 6.42 Å². The second-order valence-electron chi connectivity index (χ2n) is 6.43. The lowest BCUT2D eigenvalue weighted by Crippen LogP contribution is -2.37. The molecule has 0 atom stereocenters. The molecule has 0 saturated carbocycles. The molecule has 120 valence electrons. The van der Waals surface area contributed by atoms with Gasteiger partial charge in [-0.1, -0.05) is 6.92 Å². The third-order valence-corrected chi connectivity index (χ3v) is 4.08. The molecule has 1 aromatic carbocycles. The van der Waals surface area contributed by atoms with Crippen molar-refractivity contribution >= 4 is 11.3 Å². The summed E-state index contributed by atoms with van der Waals surface area (Å²) < 4.78 is 5.61. The molecule has 2 aromatic rings. The molecule has 3 nitrogen and oxygen atoms in total. The highest BCUT2D eigenvalue weighted by atomic mass is 32.1. The van der Waals surface area contributed by atoms with Gasteiger partial charge < -0.3 is 10.1 Å². The highest BCUT2D eigenvalue weighted by Gasteiger charge is 2.09. The van der Waals surface area contributed by atoms with Gasteiger partial charge in [0.05, 0.1) is 17.3 Å². The second kappa shape index (κ2) is 7.75. The van der Waals surface area contributed by atoms with Crippen LogP contribution >= 0.6 is 11.3 Å². The van der Waals surface area contributed by atoms with E-state index in [1.165, 1.54) is 5.01 Å². The summed E-state index contributed by atoms with van der Waals surface area (Å²) in [6.45, 7) is 10.4. The van der Waals surface area contributed by atoms with Crippen LogP contribution in [0.3, 0.4) is 0 Å². The molecular formula is C18H26N2OS. The van der Waals surface area contributed by atoms with Gasteiger partial charge in [-0.25, -0.2) is 4.98 Å². The summed E-state index contributed by atoms with van der Waals surface area (Å²) in [4.78, 5) is 4.73. The van der Waals surface area contributed by atoms with Gasteiger partial charge in [0.2, 0.25) is 0 Å². The van der Waals surface area contributed by atoms with Crippen LogP contribution in [0.15, 0.2) is 29.6 Å². The summed E-state index contributed by atoms with van der Waals surface area (Å²) in [6.07, 6.45) is 2.00. The van der Waals surface area contributed by atoms with Crippen LogP contribution in [0.2, 0.25) is 0 Å². The molecule has 4 heteroatoms. The molecule has 0 bridgehead atoms. The van der Waals surface area contributed by atoms with Gasteiger partial charge in [-0.2, -0.15) is 0 Å². The average Bonchev–Trinajstić information content (AvgIpc) is 2.93. The summed E-state index contributed by atoms with van der Waals surface area (Å²) >= 11 is 1.73. The second-order valence-corrected chi connectivity index (χ2v) is 7.37. The predicted octanol–water partition coefficient (Wildman–Crippen LogP) is 4.53. The molecule has 0 amide bonds. The van der Waals surface area contributed by atoms with E-state index in [1.807, 2.05) is 12.1 Å². The van der Waals surface area contributed by atoms with Gasteiger partial charge in [0.25, 0.3) is 0 Å². The van der Waals surface area contributed by atoms with Gasteiger partial charge in [0.1, 0.15) is 5.75 Å². The first-order valence-corrected chi connectivity index (χ1v) is 8.78. The minimum Gasteiger partial charge on any atom is -0.494 e. The van der Waals surface area contributed by atoms with Crippen LogP contribution in [0, 0.1) is 0 Å². The zero-order chi connectivity index (χ0) is 16.0. The van der Waals surface area contributed by atoms with E-state index in [0.29, 0.717) is 0 Å². The fraction of sp³-hybridized carbons (Fsp3) is 0.500. The molecular weight excluding hydrogens is 292 g/mol. The molecule has 0 fully saturated rings. The Labute approximate surface area is 137 Å². The van der Waals surface area contributed by atoms with Crippen molar-refractivity contribution in [1.29, 1.82) is 0 Å². The van der Waals surface area contributed by atoms with E-state index < -0.39 is 0 Å². The zero-order valence-electron chi connectivity index (χ0n) is 14.0. The van der Waals surface area contributed by atoms with E-state index in [9.17, 15) is 0 Å². The Morgan fingerprint density at radius 1 is 1.18 bits per heavy atom. The molecule has 0 aliphatic carbocycles. The topological polar surface area (TPSA) is 34.1 Å². The van der Waals surface area contributed by atoms with E-state index in [0.717, 1.165) is 43.0 Å². The van der Waals surface area contributed by atoms with Crippen molar-refractivity contribution in [1.82, 2.24) is 10.3 Å². The van der Waals surface area contributed by atoms with E-state index >= 15 is 0 Å². The van der Waals surface area contributed by atoms with Gasteiger partial charge in [-0.3, -0.25) is 0 Å². The highest BCUT2D eigenvalue weighted by molar-refractivity contribution is 7.09. The highest BCUT2D eigenvalue weighted by Crippen LogP contribution is 2.24. The summed E-state index contributed by atoms with van der Waals surface area (Å²) in [7, 11) is 0. The standard InChI is InChI=1S/C18H26N2OS/c1-5-12-21-15-8-6-14(7-9-15)16-13-22-17(20-16)10-11-19-18(2,3)4/h6-9,13,19H,5,10-12H2,1-4H3. The zero-order valence-corrected chi connectivity index (χ0v) is 14.8. The molecule has 1 heterocycles. The summed E-state index contributed by atoms with van der Waals surface area (Å²) in [5.74, 6) is 0.926. The predicted molar refractivity (Wildman–Crippen MR) is 94.8 cm³/mol. The third kappa shape index (κ3) is 5.43. The number of hydrogen-bond donors (Lipinski definition) is 1. The fourth-order valence-corrected chi connectivity index (χ4v) is 2.85. The van der Waals surface area contributed by atoms with Crippen molar-refractivity contribution in [2.75, 3.05) is 13.2 Å². The number of ether oxygens (including phenoxy) is 1. The maximum absolute atomic E-state index is 5.61. The Hall–Kier alpha value is -1.39. The van der Waals surface area contributed by atoms with Crippen molar-refractivity contribution in [2.45, 2.75) is 46.1 Å². The SMILES string of the molecule is CCCOc1ccc(-c2csc(CCNC(C)(C)C)n2)cc1. The van der Waals surface area contributed by atoms with Crippen LogP contribution in [0.25, 0.3) is 11.3 Å². The smallest absolute Gasteiger partial charge is 0.119 e. The quantitative estimate of drug-likeness (QED) is 0.814. The van der Waals surface area contributed by atoms with Crippen LogP contribution in [0.1, 0.15) is 39.1 Å². The Kier molecular flexibility index (Phi) is 5.98. The summed E-state index contributed by atoms with van der Waals surface area (Å²) in [6, 6.07) is 8.20. The van der Waals surface area contributed by atoms with Crippen molar-refractivity contribution in [3.63, 3.8) is 0 Å². The number of nitrogens with one attached hydrogen (secondary N) is 1. The summed E-state index contributed by atoms with van der Waals surface area (Å²) in [5, 5.41) is 6.81. The molecule has 1 N–H and O–H groups in total. The molecule has 2 rings (SSSR count). The molecule has 0 radical (unpaired) electrons. The van der Waals surface area contributed by atoms with Crippen molar-refractivity contribution in [3.05, 3.63) is 34.7 Å². The maximum atomic E-state index is 5.61. The first kappa shape index (κ1) is 17.0. The first-order valence-electron chi connectivity index (χ1n) is 7.90. The first-order chi connectivity index (χ1) is 10.5. The van der Waals surface area contributed by atoms with Gasteiger partial charge in [-0.05, 0) is 51.5 Å². The maximum Gasteiger partial charge on any atom is 0.119 e. The Morgan fingerprint density at radius 2 is 1.91 bits per heavy atom. The molecule has 0 aliphatic rings. The van der Waals surface area contributed by atoms with Gasteiger partial charge in [0.15, 0.2) is 0 Å². The molecule has 22 heavy (non-hydrogen) atoms. The monoisotopic (exact) mass is 318 g/mol. The molecule has 0 aliphatic heterocycles. The number of hydrogen-bond acceptors (Lipinski definition) is 4. The van der Waals surface area contributed by atoms with E-state index in [4.69, 9.17) is 9.72 Å². The van der Waals surface area contributed by atoms with Gasteiger partial charge >= 0.3 is 0 Å². The van der Waals surface area contributed by atoms with Crippen molar-refractivity contribution in [3.8, 4) is 17.0 Å².